The fourth-order valence-electron chi connectivity index (χ4n) is 1.54. The lowest BCUT2D eigenvalue weighted by atomic mass is 10.2. The summed E-state index contributed by atoms with van der Waals surface area (Å²) in [7, 11) is 0. The van der Waals surface area contributed by atoms with Gasteiger partial charge in [0.1, 0.15) is 5.75 Å². The Morgan fingerprint density at radius 2 is 2.33 bits per heavy atom. The molecule has 4 nitrogen and oxygen atoms in total. The van der Waals surface area contributed by atoms with Gasteiger partial charge in [-0.2, -0.15) is 0 Å². The van der Waals surface area contributed by atoms with Gasteiger partial charge < -0.3 is 15.2 Å². The molecule has 1 aliphatic heterocycles. The summed E-state index contributed by atoms with van der Waals surface area (Å²) in [6, 6.07) is 5.34. The van der Waals surface area contributed by atoms with E-state index in [1.807, 2.05) is 13.0 Å². The average molecular weight is 207 g/mol. The number of hydrogen-bond donors (Lipinski definition) is 1. The Morgan fingerprint density at radius 1 is 1.53 bits per heavy atom. The first kappa shape index (κ1) is 9.83. The molecule has 1 saturated heterocycles. The highest BCUT2D eigenvalue weighted by molar-refractivity contribution is 5.76. The van der Waals surface area contributed by atoms with Gasteiger partial charge in [-0.3, -0.25) is 0 Å². The van der Waals surface area contributed by atoms with Gasteiger partial charge in [-0.1, -0.05) is 0 Å². The molecule has 1 heterocycles. The molecule has 0 aromatic heterocycles. The molecule has 0 amide bonds. The van der Waals surface area contributed by atoms with Gasteiger partial charge in [0.15, 0.2) is 6.10 Å². The molecular formula is C11H13NO3. The Morgan fingerprint density at radius 3 is 2.93 bits per heavy atom. The van der Waals surface area contributed by atoms with Crippen LogP contribution in [0.5, 0.6) is 5.75 Å². The fourth-order valence-corrected chi connectivity index (χ4v) is 1.54. The highest BCUT2D eigenvalue weighted by atomic mass is 16.6. The third kappa shape index (κ3) is 2.03. The Hall–Kier alpha value is -1.71. The molecule has 2 N–H and O–H groups in total. The van der Waals surface area contributed by atoms with Crippen LogP contribution in [0.1, 0.15) is 12.0 Å². The first-order valence-corrected chi connectivity index (χ1v) is 4.86. The van der Waals surface area contributed by atoms with Gasteiger partial charge in [0.05, 0.1) is 6.61 Å². The number of anilines is 1. The van der Waals surface area contributed by atoms with Gasteiger partial charge in [-0.05, 0) is 30.7 Å². The topological polar surface area (TPSA) is 61.6 Å². The van der Waals surface area contributed by atoms with Crippen molar-refractivity contribution in [1.29, 1.82) is 0 Å². The second kappa shape index (κ2) is 3.81. The predicted molar refractivity (Wildman–Crippen MR) is 55.6 cm³/mol. The van der Waals surface area contributed by atoms with Crippen molar-refractivity contribution in [3.63, 3.8) is 0 Å². The van der Waals surface area contributed by atoms with Crippen LogP contribution in [0.25, 0.3) is 0 Å². The molecule has 0 spiro atoms. The normalized spacial score (nSPS) is 20.1. The minimum Gasteiger partial charge on any atom is -0.478 e. The molecule has 0 bridgehead atoms. The molecule has 1 aromatic carbocycles. The van der Waals surface area contributed by atoms with Crippen molar-refractivity contribution in [2.75, 3.05) is 12.3 Å². The second-order valence-corrected chi connectivity index (χ2v) is 3.59. The summed E-state index contributed by atoms with van der Waals surface area (Å²) in [6.45, 7) is 2.34. The molecule has 0 saturated carbocycles. The number of aryl methyl sites for hydroxylation is 1. The van der Waals surface area contributed by atoms with Crippen LogP contribution >= 0.6 is 0 Å². The van der Waals surface area contributed by atoms with Crippen molar-refractivity contribution >= 4 is 11.7 Å². The quantitative estimate of drug-likeness (QED) is 0.586. The van der Waals surface area contributed by atoms with Crippen LogP contribution in [0.4, 0.5) is 5.69 Å². The number of nitrogens with two attached hydrogens (primary N) is 1. The fraction of sp³-hybridized carbons (Fsp3) is 0.364. The third-order valence-corrected chi connectivity index (χ3v) is 2.36. The molecule has 1 aromatic rings. The first-order valence-electron chi connectivity index (χ1n) is 4.86. The lowest BCUT2D eigenvalue weighted by Gasteiger charge is -2.12. The Labute approximate surface area is 88.0 Å². The summed E-state index contributed by atoms with van der Waals surface area (Å²) in [5.74, 6) is 0.402. The standard InChI is InChI=1S/C11H13NO3/c1-7-6-8(12)2-3-9(7)15-10-4-5-14-11(10)13/h2-3,6,10H,4-5,12H2,1H3. The number of nitrogen functional groups attached to an aromatic ring is 1. The maximum atomic E-state index is 11.2. The zero-order chi connectivity index (χ0) is 10.8. The number of carbonyl (C=O) groups is 1. The van der Waals surface area contributed by atoms with E-state index in [0.29, 0.717) is 24.5 Å². The van der Waals surface area contributed by atoms with E-state index >= 15 is 0 Å². The summed E-state index contributed by atoms with van der Waals surface area (Å²) in [5.41, 5.74) is 7.23. The van der Waals surface area contributed by atoms with E-state index in [-0.39, 0.29) is 5.97 Å². The van der Waals surface area contributed by atoms with Crippen LogP contribution < -0.4 is 10.5 Å². The van der Waals surface area contributed by atoms with Gasteiger partial charge >= 0.3 is 5.97 Å². The highest BCUT2D eigenvalue weighted by Crippen LogP contribution is 2.23. The number of esters is 1. The molecule has 1 unspecified atom stereocenters. The molecule has 15 heavy (non-hydrogen) atoms. The van der Waals surface area contributed by atoms with Gasteiger partial charge in [0, 0.05) is 12.1 Å². The van der Waals surface area contributed by atoms with Crippen LogP contribution in [0.2, 0.25) is 0 Å². The smallest absolute Gasteiger partial charge is 0.347 e. The molecule has 2 rings (SSSR count). The van der Waals surface area contributed by atoms with Crippen LogP contribution in [-0.2, 0) is 9.53 Å². The summed E-state index contributed by atoms with van der Waals surface area (Å²) < 4.78 is 10.4. The van der Waals surface area contributed by atoms with Gasteiger partial charge in [0.2, 0.25) is 0 Å². The monoisotopic (exact) mass is 207 g/mol. The Balaban J connectivity index is 2.13. The van der Waals surface area contributed by atoms with Crippen molar-refractivity contribution < 1.29 is 14.3 Å². The van der Waals surface area contributed by atoms with E-state index in [9.17, 15) is 4.79 Å². The Kier molecular flexibility index (Phi) is 2.49. The minimum atomic E-state index is -0.465. The zero-order valence-corrected chi connectivity index (χ0v) is 8.53. The average Bonchev–Trinajstić information content (AvgIpc) is 2.57. The molecule has 1 aliphatic rings. The molecule has 0 aliphatic carbocycles. The summed E-state index contributed by atoms with van der Waals surface area (Å²) >= 11 is 0. The van der Waals surface area contributed by atoms with Crippen LogP contribution in [0.15, 0.2) is 18.2 Å². The maximum absolute atomic E-state index is 11.2. The van der Waals surface area contributed by atoms with Crippen molar-refractivity contribution in [2.45, 2.75) is 19.4 Å². The number of hydrogen-bond acceptors (Lipinski definition) is 4. The molecule has 1 fully saturated rings. The van der Waals surface area contributed by atoms with E-state index in [2.05, 4.69) is 0 Å². The molecule has 1 atom stereocenters. The summed E-state index contributed by atoms with van der Waals surface area (Å²) in [4.78, 5) is 11.2. The zero-order valence-electron chi connectivity index (χ0n) is 8.53. The molecule has 0 radical (unpaired) electrons. The number of carbonyl (C=O) groups excluding carboxylic acids is 1. The van der Waals surface area contributed by atoms with Crippen molar-refractivity contribution in [3.8, 4) is 5.75 Å². The van der Waals surface area contributed by atoms with E-state index in [1.54, 1.807) is 12.1 Å². The van der Waals surface area contributed by atoms with Crippen LogP contribution in [-0.4, -0.2) is 18.7 Å². The Bertz CT molecular complexity index is 389. The van der Waals surface area contributed by atoms with Crippen LogP contribution in [0, 0.1) is 6.92 Å². The second-order valence-electron chi connectivity index (χ2n) is 3.59. The van der Waals surface area contributed by atoms with Gasteiger partial charge in [-0.25, -0.2) is 4.79 Å². The van der Waals surface area contributed by atoms with Gasteiger partial charge in [-0.15, -0.1) is 0 Å². The van der Waals surface area contributed by atoms with Crippen molar-refractivity contribution in [1.82, 2.24) is 0 Å². The molecule has 80 valence electrons. The van der Waals surface area contributed by atoms with Crippen molar-refractivity contribution in [3.05, 3.63) is 23.8 Å². The predicted octanol–water partition coefficient (Wildman–Crippen LogP) is 1.27. The largest absolute Gasteiger partial charge is 0.478 e. The maximum Gasteiger partial charge on any atom is 0.347 e. The number of rotatable bonds is 2. The number of benzene rings is 1. The van der Waals surface area contributed by atoms with E-state index in [1.165, 1.54) is 0 Å². The summed E-state index contributed by atoms with van der Waals surface area (Å²) in [6.07, 6.45) is 0.148. The minimum absolute atomic E-state index is 0.286. The van der Waals surface area contributed by atoms with E-state index < -0.39 is 6.10 Å². The molecule has 4 heteroatoms. The third-order valence-electron chi connectivity index (χ3n) is 2.36. The van der Waals surface area contributed by atoms with E-state index in [4.69, 9.17) is 15.2 Å². The number of cyclic esters (lactones) is 1. The van der Waals surface area contributed by atoms with Crippen molar-refractivity contribution in [2.24, 2.45) is 0 Å². The highest BCUT2D eigenvalue weighted by Gasteiger charge is 2.28. The lowest BCUT2D eigenvalue weighted by Crippen LogP contribution is -2.22. The molecular weight excluding hydrogens is 194 g/mol. The lowest BCUT2D eigenvalue weighted by molar-refractivity contribution is -0.143. The number of ether oxygens (including phenoxy) is 2. The first-order chi connectivity index (χ1) is 7.16. The van der Waals surface area contributed by atoms with E-state index in [0.717, 1.165) is 5.56 Å². The van der Waals surface area contributed by atoms with Gasteiger partial charge in [0.25, 0.3) is 0 Å². The SMILES string of the molecule is Cc1cc(N)ccc1OC1CCOC1=O. The van der Waals surface area contributed by atoms with Crippen LogP contribution in [0.3, 0.4) is 0 Å². The summed E-state index contributed by atoms with van der Waals surface area (Å²) in [5, 5.41) is 0.